The van der Waals surface area contributed by atoms with Crippen molar-refractivity contribution in [2.75, 3.05) is 46.0 Å². The number of aliphatic hydroxyl groups excluding tert-OH is 1. The summed E-state index contributed by atoms with van der Waals surface area (Å²) in [5.41, 5.74) is 0.493. The molecule has 2 N–H and O–H groups in total. The van der Waals surface area contributed by atoms with Crippen LogP contribution >= 0.6 is 0 Å². The summed E-state index contributed by atoms with van der Waals surface area (Å²) in [4.78, 5) is 24.8. The first-order valence-electron chi connectivity index (χ1n) is 10.2. The minimum absolute atomic E-state index is 0.131. The Balaban J connectivity index is 1.47. The van der Waals surface area contributed by atoms with Gasteiger partial charge in [0.2, 0.25) is 0 Å². The number of H-pyrrole nitrogens is 1. The van der Waals surface area contributed by atoms with Crippen LogP contribution in [0.5, 0.6) is 0 Å². The fourth-order valence-corrected chi connectivity index (χ4v) is 4.63. The minimum Gasteiger partial charge on any atom is -0.396 e. The molecule has 2 aliphatic heterocycles. The van der Waals surface area contributed by atoms with Crippen LogP contribution in [0, 0.1) is 5.92 Å². The van der Waals surface area contributed by atoms with Crippen molar-refractivity contribution in [2.24, 2.45) is 13.0 Å². The molecule has 9 nitrogen and oxygen atoms in total. The van der Waals surface area contributed by atoms with E-state index in [4.69, 9.17) is 4.74 Å². The summed E-state index contributed by atoms with van der Waals surface area (Å²) in [5, 5.41) is 14.0. The summed E-state index contributed by atoms with van der Waals surface area (Å²) in [6.45, 7) is 6.39. The first kappa shape index (κ1) is 19.5. The van der Waals surface area contributed by atoms with Gasteiger partial charge in [-0.05, 0) is 25.2 Å². The van der Waals surface area contributed by atoms with Gasteiger partial charge in [0.25, 0.3) is 5.56 Å². The van der Waals surface area contributed by atoms with Gasteiger partial charge in [0.15, 0.2) is 5.65 Å². The monoisotopic (exact) mass is 390 g/mol. The molecular formula is C19H30N6O3. The summed E-state index contributed by atoms with van der Waals surface area (Å²) in [6.07, 6.45) is 4.49. The van der Waals surface area contributed by atoms with E-state index in [1.807, 2.05) is 0 Å². The number of aryl methyl sites for hydroxylation is 1. The first-order chi connectivity index (χ1) is 13.7. The van der Waals surface area contributed by atoms with Crippen LogP contribution in [0.2, 0.25) is 0 Å². The Labute approximate surface area is 164 Å². The van der Waals surface area contributed by atoms with Gasteiger partial charge in [-0.2, -0.15) is 5.10 Å². The van der Waals surface area contributed by atoms with Crippen molar-refractivity contribution in [3.8, 4) is 0 Å². The first-order valence-corrected chi connectivity index (χ1v) is 10.2. The van der Waals surface area contributed by atoms with Crippen LogP contribution in [0.3, 0.4) is 0 Å². The Morgan fingerprint density at radius 2 is 2.14 bits per heavy atom. The van der Waals surface area contributed by atoms with Crippen molar-refractivity contribution in [3.63, 3.8) is 0 Å². The van der Waals surface area contributed by atoms with E-state index in [2.05, 4.69) is 24.9 Å². The van der Waals surface area contributed by atoms with Crippen molar-refractivity contribution in [2.45, 2.75) is 31.8 Å². The zero-order chi connectivity index (χ0) is 19.5. The molecule has 2 atom stereocenters. The van der Waals surface area contributed by atoms with E-state index >= 15 is 0 Å². The van der Waals surface area contributed by atoms with E-state index in [1.54, 1.807) is 17.9 Å². The molecule has 28 heavy (non-hydrogen) atoms. The van der Waals surface area contributed by atoms with Gasteiger partial charge in [-0.15, -0.1) is 0 Å². The van der Waals surface area contributed by atoms with Gasteiger partial charge in [-0.25, -0.2) is 4.98 Å². The second-order valence-electron chi connectivity index (χ2n) is 7.88. The smallest absolute Gasteiger partial charge is 0.262 e. The van der Waals surface area contributed by atoms with Gasteiger partial charge in [0, 0.05) is 45.9 Å². The lowest BCUT2D eigenvalue weighted by Crippen LogP contribution is -2.53. The normalized spacial score (nSPS) is 24.8. The van der Waals surface area contributed by atoms with Crippen LogP contribution in [0.4, 0.5) is 0 Å². The molecule has 0 bridgehead atoms. The Morgan fingerprint density at radius 3 is 2.93 bits per heavy atom. The molecule has 2 aromatic rings. The quantitative estimate of drug-likeness (QED) is 0.713. The van der Waals surface area contributed by atoms with Crippen molar-refractivity contribution in [1.29, 1.82) is 0 Å². The predicted molar refractivity (Wildman–Crippen MR) is 105 cm³/mol. The molecule has 154 valence electrons. The van der Waals surface area contributed by atoms with Gasteiger partial charge in [-0.1, -0.05) is 0 Å². The van der Waals surface area contributed by atoms with E-state index in [1.165, 1.54) is 0 Å². The van der Waals surface area contributed by atoms with E-state index < -0.39 is 0 Å². The lowest BCUT2D eigenvalue weighted by atomic mass is 9.87. The maximum Gasteiger partial charge on any atom is 0.262 e. The number of piperidine rings is 1. The van der Waals surface area contributed by atoms with E-state index in [9.17, 15) is 9.90 Å². The summed E-state index contributed by atoms with van der Waals surface area (Å²) in [5.74, 6) is 1.19. The molecule has 4 rings (SSSR count). The highest BCUT2D eigenvalue weighted by atomic mass is 16.5. The number of likely N-dealkylation sites (tertiary alicyclic amines) is 1. The lowest BCUT2D eigenvalue weighted by molar-refractivity contribution is -0.0234. The van der Waals surface area contributed by atoms with Crippen LogP contribution < -0.4 is 5.56 Å². The highest BCUT2D eigenvalue weighted by Gasteiger charge is 2.33. The fraction of sp³-hybridized carbons (Fsp3) is 0.737. The fourth-order valence-electron chi connectivity index (χ4n) is 4.63. The van der Waals surface area contributed by atoms with Gasteiger partial charge < -0.3 is 14.8 Å². The molecule has 2 fully saturated rings. The summed E-state index contributed by atoms with van der Waals surface area (Å²) in [7, 11) is 1.80. The number of ether oxygens (including phenoxy) is 1. The number of aromatic nitrogens is 4. The second kappa shape index (κ2) is 8.69. The maximum absolute atomic E-state index is 12.3. The minimum atomic E-state index is -0.131. The third-order valence-corrected chi connectivity index (χ3v) is 6.05. The molecule has 0 aromatic carbocycles. The van der Waals surface area contributed by atoms with Crippen molar-refractivity contribution in [1.82, 2.24) is 29.5 Å². The van der Waals surface area contributed by atoms with Crippen LogP contribution in [0.15, 0.2) is 11.0 Å². The Hall–Kier alpha value is -1.81. The molecule has 0 unspecified atom stereocenters. The lowest BCUT2D eigenvalue weighted by Gasteiger charge is -2.45. The van der Waals surface area contributed by atoms with E-state index in [0.717, 1.165) is 58.7 Å². The van der Waals surface area contributed by atoms with E-state index in [-0.39, 0.29) is 12.2 Å². The number of hydrogen-bond donors (Lipinski definition) is 2. The Morgan fingerprint density at radius 1 is 1.32 bits per heavy atom. The SMILES string of the molecule is Cn1ncc2c(=O)[nH]c(CN3CC[C@H](N4CCOCC4)[C@H](CCCO)C3)nc21. The number of morpholine rings is 1. The molecule has 2 aliphatic rings. The van der Waals surface area contributed by atoms with Crippen LogP contribution in [-0.2, 0) is 18.3 Å². The highest BCUT2D eigenvalue weighted by molar-refractivity contribution is 5.72. The van der Waals surface area contributed by atoms with Crippen molar-refractivity contribution >= 4 is 11.0 Å². The molecule has 0 aliphatic carbocycles. The Kier molecular flexibility index (Phi) is 6.05. The molecule has 0 amide bonds. The number of nitrogens with zero attached hydrogens (tertiary/aromatic N) is 5. The molecule has 2 aromatic heterocycles. The summed E-state index contributed by atoms with van der Waals surface area (Å²) in [6, 6.07) is 0.540. The van der Waals surface area contributed by atoms with Crippen molar-refractivity contribution in [3.05, 3.63) is 22.4 Å². The van der Waals surface area contributed by atoms with Gasteiger partial charge in [-0.3, -0.25) is 19.3 Å². The van der Waals surface area contributed by atoms with Gasteiger partial charge in [0.1, 0.15) is 11.2 Å². The number of rotatable bonds is 6. The number of aliphatic hydroxyl groups is 1. The molecule has 0 radical (unpaired) electrons. The standard InChI is InChI=1S/C19H30N6O3/c1-23-18-15(11-20-23)19(27)22-17(21-18)13-24-5-4-16(14(12-24)3-2-8-26)25-6-9-28-10-7-25/h11,14,16,26H,2-10,12-13H2,1H3,(H,21,22,27)/t14-,16+/m1/s1. The number of nitrogens with one attached hydrogen (secondary N) is 1. The average Bonchev–Trinajstić information content (AvgIpc) is 3.08. The average molecular weight is 390 g/mol. The molecule has 0 saturated carbocycles. The number of aromatic amines is 1. The molecule has 2 saturated heterocycles. The topological polar surface area (TPSA) is 99.5 Å². The van der Waals surface area contributed by atoms with Crippen molar-refractivity contribution < 1.29 is 9.84 Å². The van der Waals surface area contributed by atoms with Gasteiger partial charge in [0.05, 0.1) is 26.0 Å². The third-order valence-electron chi connectivity index (χ3n) is 6.05. The second-order valence-corrected chi connectivity index (χ2v) is 7.88. The molecular weight excluding hydrogens is 360 g/mol. The largest absolute Gasteiger partial charge is 0.396 e. The molecule has 9 heteroatoms. The van der Waals surface area contributed by atoms with Gasteiger partial charge >= 0.3 is 0 Å². The summed E-state index contributed by atoms with van der Waals surface area (Å²) >= 11 is 0. The number of hydrogen-bond acceptors (Lipinski definition) is 7. The van der Waals surface area contributed by atoms with E-state index in [0.29, 0.717) is 35.4 Å². The van der Waals surface area contributed by atoms with Crippen LogP contribution in [0.1, 0.15) is 25.1 Å². The zero-order valence-electron chi connectivity index (χ0n) is 16.5. The number of fused-ring (bicyclic) bond motifs is 1. The summed E-state index contributed by atoms with van der Waals surface area (Å²) < 4.78 is 7.16. The molecule has 4 heterocycles. The molecule has 0 spiro atoms. The maximum atomic E-state index is 12.3. The zero-order valence-corrected chi connectivity index (χ0v) is 16.5. The highest BCUT2D eigenvalue weighted by Crippen LogP contribution is 2.27. The van der Waals surface area contributed by atoms with Crippen LogP contribution in [-0.4, -0.2) is 86.7 Å². The third kappa shape index (κ3) is 4.12. The Bertz CT molecular complexity index is 844. The predicted octanol–water partition coefficient (Wildman–Crippen LogP) is -0.0482. The van der Waals surface area contributed by atoms with Crippen LogP contribution in [0.25, 0.3) is 11.0 Å².